The first-order valence-electron chi connectivity index (χ1n) is 6.73. The summed E-state index contributed by atoms with van der Waals surface area (Å²) >= 11 is 0. The standard InChI is InChI=1S/C13H26N2/c1-2-7-13(8-9-13)10-15-12-5-3-11(14)4-6-12/h11-12,15H,2-10,14H2,1H3. The van der Waals surface area contributed by atoms with E-state index in [9.17, 15) is 0 Å². The zero-order valence-corrected chi connectivity index (χ0v) is 10.1. The molecule has 0 radical (unpaired) electrons. The largest absolute Gasteiger partial charge is 0.328 e. The Morgan fingerprint density at radius 3 is 2.40 bits per heavy atom. The van der Waals surface area contributed by atoms with Crippen molar-refractivity contribution in [1.82, 2.24) is 5.32 Å². The molecule has 2 saturated carbocycles. The molecule has 2 nitrogen and oxygen atoms in total. The lowest BCUT2D eigenvalue weighted by Crippen LogP contribution is -2.39. The first-order chi connectivity index (χ1) is 7.24. The average Bonchev–Trinajstić information content (AvgIpc) is 2.99. The highest BCUT2D eigenvalue weighted by Crippen LogP contribution is 2.49. The third-order valence-corrected chi connectivity index (χ3v) is 4.28. The summed E-state index contributed by atoms with van der Waals surface area (Å²) in [5.74, 6) is 0. The van der Waals surface area contributed by atoms with Crippen molar-refractivity contribution in [2.45, 2.75) is 70.4 Å². The molecule has 2 aliphatic rings. The molecule has 0 saturated heterocycles. The predicted molar refractivity (Wildman–Crippen MR) is 64.8 cm³/mol. The van der Waals surface area contributed by atoms with Gasteiger partial charge in [-0.05, 0) is 50.4 Å². The fourth-order valence-corrected chi connectivity index (χ4v) is 2.91. The van der Waals surface area contributed by atoms with Crippen molar-refractivity contribution in [3.05, 3.63) is 0 Å². The van der Waals surface area contributed by atoms with Gasteiger partial charge in [0.05, 0.1) is 0 Å². The topological polar surface area (TPSA) is 38.0 Å². The molecule has 0 bridgehead atoms. The van der Waals surface area contributed by atoms with Gasteiger partial charge in [-0.25, -0.2) is 0 Å². The number of hydrogen-bond donors (Lipinski definition) is 2. The normalized spacial score (nSPS) is 34.0. The second-order valence-electron chi connectivity index (χ2n) is 5.74. The van der Waals surface area contributed by atoms with Crippen LogP contribution < -0.4 is 11.1 Å². The summed E-state index contributed by atoms with van der Waals surface area (Å²) in [6.07, 6.45) is 10.7. The third kappa shape index (κ3) is 3.18. The van der Waals surface area contributed by atoms with E-state index < -0.39 is 0 Å². The Labute approximate surface area is 94.0 Å². The third-order valence-electron chi connectivity index (χ3n) is 4.28. The molecule has 2 rings (SSSR count). The van der Waals surface area contributed by atoms with Crippen molar-refractivity contribution < 1.29 is 0 Å². The van der Waals surface area contributed by atoms with Crippen molar-refractivity contribution >= 4 is 0 Å². The van der Waals surface area contributed by atoms with Gasteiger partial charge in [0.15, 0.2) is 0 Å². The summed E-state index contributed by atoms with van der Waals surface area (Å²) < 4.78 is 0. The van der Waals surface area contributed by atoms with E-state index in [1.807, 2.05) is 0 Å². The van der Waals surface area contributed by atoms with Crippen LogP contribution >= 0.6 is 0 Å². The predicted octanol–water partition coefficient (Wildman–Crippen LogP) is 2.43. The van der Waals surface area contributed by atoms with E-state index in [0.29, 0.717) is 11.5 Å². The molecular formula is C13H26N2. The molecule has 0 aliphatic heterocycles. The van der Waals surface area contributed by atoms with Crippen LogP contribution in [0, 0.1) is 5.41 Å². The maximum absolute atomic E-state index is 5.91. The van der Waals surface area contributed by atoms with E-state index in [-0.39, 0.29) is 0 Å². The van der Waals surface area contributed by atoms with Crippen LogP contribution in [-0.2, 0) is 0 Å². The molecule has 0 unspecified atom stereocenters. The van der Waals surface area contributed by atoms with Crippen LogP contribution in [0.1, 0.15) is 58.3 Å². The van der Waals surface area contributed by atoms with Crippen molar-refractivity contribution in [1.29, 1.82) is 0 Å². The number of nitrogens with one attached hydrogen (secondary N) is 1. The highest BCUT2D eigenvalue weighted by molar-refractivity contribution is 4.95. The number of rotatable bonds is 5. The van der Waals surface area contributed by atoms with Crippen molar-refractivity contribution in [3.8, 4) is 0 Å². The molecule has 0 amide bonds. The molecule has 88 valence electrons. The molecule has 0 aromatic rings. The van der Waals surface area contributed by atoms with Gasteiger partial charge in [-0.1, -0.05) is 13.3 Å². The lowest BCUT2D eigenvalue weighted by atomic mass is 9.91. The van der Waals surface area contributed by atoms with Gasteiger partial charge in [-0.2, -0.15) is 0 Å². The Morgan fingerprint density at radius 2 is 1.87 bits per heavy atom. The summed E-state index contributed by atoms with van der Waals surface area (Å²) in [4.78, 5) is 0. The number of nitrogens with two attached hydrogens (primary N) is 1. The van der Waals surface area contributed by atoms with Crippen LogP contribution in [0.25, 0.3) is 0 Å². The Hall–Kier alpha value is -0.0800. The van der Waals surface area contributed by atoms with Crippen molar-refractivity contribution in [2.75, 3.05) is 6.54 Å². The van der Waals surface area contributed by atoms with Crippen LogP contribution in [0.4, 0.5) is 0 Å². The SMILES string of the molecule is CCCC1(CNC2CCC(N)CC2)CC1. The van der Waals surface area contributed by atoms with Crippen LogP contribution in [0.5, 0.6) is 0 Å². The minimum Gasteiger partial charge on any atom is -0.328 e. The molecule has 15 heavy (non-hydrogen) atoms. The van der Waals surface area contributed by atoms with Gasteiger partial charge in [0, 0.05) is 18.6 Å². The van der Waals surface area contributed by atoms with E-state index in [4.69, 9.17) is 5.73 Å². The molecule has 2 fully saturated rings. The average molecular weight is 210 g/mol. The zero-order valence-electron chi connectivity index (χ0n) is 10.1. The molecule has 0 aromatic carbocycles. The van der Waals surface area contributed by atoms with Crippen LogP contribution in [0.2, 0.25) is 0 Å². The van der Waals surface area contributed by atoms with Gasteiger partial charge >= 0.3 is 0 Å². The Balaban J connectivity index is 1.65. The summed E-state index contributed by atoms with van der Waals surface area (Å²) in [6, 6.07) is 1.24. The number of hydrogen-bond acceptors (Lipinski definition) is 2. The smallest absolute Gasteiger partial charge is 0.00684 e. The summed E-state index contributed by atoms with van der Waals surface area (Å²) in [5.41, 5.74) is 6.61. The highest BCUT2D eigenvalue weighted by Gasteiger charge is 2.41. The van der Waals surface area contributed by atoms with Crippen LogP contribution in [0.15, 0.2) is 0 Å². The van der Waals surface area contributed by atoms with Crippen LogP contribution in [-0.4, -0.2) is 18.6 Å². The minimum atomic E-state index is 0.480. The lowest BCUT2D eigenvalue weighted by Gasteiger charge is -2.28. The van der Waals surface area contributed by atoms with Gasteiger partial charge < -0.3 is 11.1 Å². The molecular weight excluding hydrogens is 184 g/mol. The van der Waals surface area contributed by atoms with Gasteiger partial charge in [0.25, 0.3) is 0 Å². The second-order valence-corrected chi connectivity index (χ2v) is 5.74. The minimum absolute atomic E-state index is 0.480. The van der Waals surface area contributed by atoms with Crippen LogP contribution in [0.3, 0.4) is 0 Å². The quantitative estimate of drug-likeness (QED) is 0.731. The summed E-state index contributed by atoms with van der Waals surface area (Å²) in [5, 5.41) is 3.77. The van der Waals surface area contributed by atoms with Gasteiger partial charge in [-0.3, -0.25) is 0 Å². The molecule has 0 atom stereocenters. The summed E-state index contributed by atoms with van der Waals surface area (Å²) in [7, 11) is 0. The van der Waals surface area contributed by atoms with E-state index in [0.717, 1.165) is 6.04 Å². The molecule has 0 spiro atoms. The van der Waals surface area contributed by atoms with E-state index >= 15 is 0 Å². The molecule has 2 aliphatic carbocycles. The maximum atomic E-state index is 5.91. The first-order valence-corrected chi connectivity index (χ1v) is 6.73. The highest BCUT2D eigenvalue weighted by atomic mass is 14.9. The summed E-state index contributed by atoms with van der Waals surface area (Å²) in [6.45, 7) is 3.57. The fourth-order valence-electron chi connectivity index (χ4n) is 2.91. The van der Waals surface area contributed by atoms with Gasteiger partial charge in [-0.15, -0.1) is 0 Å². The first kappa shape index (κ1) is 11.4. The zero-order chi connectivity index (χ0) is 10.7. The molecule has 0 aromatic heterocycles. The lowest BCUT2D eigenvalue weighted by molar-refractivity contribution is 0.310. The Morgan fingerprint density at radius 1 is 1.20 bits per heavy atom. The van der Waals surface area contributed by atoms with Gasteiger partial charge in [0.1, 0.15) is 0 Å². The van der Waals surface area contributed by atoms with Gasteiger partial charge in [0.2, 0.25) is 0 Å². The Kier molecular flexibility index (Phi) is 3.68. The van der Waals surface area contributed by atoms with E-state index in [2.05, 4.69) is 12.2 Å². The maximum Gasteiger partial charge on any atom is 0.00684 e. The fraction of sp³-hybridized carbons (Fsp3) is 1.00. The van der Waals surface area contributed by atoms with E-state index in [1.165, 1.54) is 57.9 Å². The molecule has 2 heteroatoms. The second kappa shape index (κ2) is 4.84. The van der Waals surface area contributed by atoms with Crippen molar-refractivity contribution in [2.24, 2.45) is 11.1 Å². The Bertz CT molecular complexity index is 191. The molecule has 3 N–H and O–H groups in total. The molecule has 0 heterocycles. The monoisotopic (exact) mass is 210 g/mol. The van der Waals surface area contributed by atoms with E-state index in [1.54, 1.807) is 0 Å². The van der Waals surface area contributed by atoms with Crippen molar-refractivity contribution in [3.63, 3.8) is 0 Å².